The zero-order valence-corrected chi connectivity index (χ0v) is 23.0. The standard InChI is InChI=1S/C13H15NO2S.C12H10F3N2O2P.C2H4/c1-2-3-4-5-12-14-10-7-6-9(13(15)16)8-11(10)17-12;13-12(14,15)18-8-4-2-1-3-7(8)10-9(16)11(19-17-10)20-5-6-20;1-2/h6-8H,2-5H2,1H3,(H,15,16);1-4H,5-6,16H2;1-2H2. The van der Waals surface area contributed by atoms with Crippen molar-refractivity contribution >= 4 is 46.6 Å². The number of rotatable bonds is 8. The van der Waals surface area contributed by atoms with Crippen LogP contribution in [0.2, 0.25) is 0 Å². The van der Waals surface area contributed by atoms with Crippen LogP contribution in [0, 0.1) is 0 Å². The number of aryl methyl sites for hydroxylation is 1. The van der Waals surface area contributed by atoms with E-state index in [2.05, 4.69) is 35.0 Å². The van der Waals surface area contributed by atoms with E-state index in [4.69, 9.17) is 15.4 Å². The second-order valence-electron chi connectivity index (χ2n) is 8.33. The monoisotopic (exact) mass is 579 g/mol. The molecule has 0 unspecified atom stereocenters. The number of hydrogen-bond donors (Lipinski definition) is 2. The first kappa shape index (κ1) is 30.1. The zero-order valence-electron chi connectivity index (χ0n) is 21.3. The number of halogens is 3. The maximum atomic E-state index is 12.4. The van der Waals surface area contributed by atoms with E-state index in [1.165, 1.54) is 31.0 Å². The molecule has 12 heteroatoms. The molecule has 0 aliphatic carbocycles. The van der Waals surface area contributed by atoms with Crippen molar-refractivity contribution in [2.75, 3.05) is 18.1 Å². The average molecular weight is 580 g/mol. The van der Waals surface area contributed by atoms with Crippen LogP contribution in [0.4, 0.5) is 18.9 Å². The number of nitrogens with zero attached hydrogens (tertiary/aromatic N) is 2. The molecule has 0 amide bonds. The van der Waals surface area contributed by atoms with Crippen molar-refractivity contribution in [1.82, 2.24) is 10.1 Å². The van der Waals surface area contributed by atoms with E-state index in [1.54, 1.807) is 35.6 Å². The lowest BCUT2D eigenvalue weighted by Gasteiger charge is -2.11. The van der Waals surface area contributed by atoms with Crippen LogP contribution in [0.1, 0.15) is 41.6 Å². The van der Waals surface area contributed by atoms with Crippen molar-refractivity contribution < 1.29 is 32.3 Å². The van der Waals surface area contributed by atoms with E-state index in [-0.39, 0.29) is 24.9 Å². The first-order chi connectivity index (χ1) is 18.7. The fourth-order valence-corrected chi connectivity index (χ4v) is 6.04. The number of anilines is 1. The fourth-order valence-electron chi connectivity index (χ4n) is 3.58. The summed E-state index contributed by atoms with van der Waals surface area (Å²) in [5.74, 6) is -1.22. The second-order valence-corrected chi connectivity index (χ2v) is 11.8. The third-order valence-corrected chi connectivity index (χ3v) is 8.35. The molecule has 1 aliphatic heterocycles. The molecule has 5 rings (SSSR count). The summed E-state index contributed by atoms with van der Waals surface area (Å²) in [6, 6.07) is 10.8. The molecule has 1 saturated heterocycles. The molecule has 3 N–H and O–H groups in total. The quantitative estimate of drug-likeness (QED) is 0.127. The number of para-hydroxylation sites is 1. The van der Waals surface area contributed by atoms with Gasteiger partial charge in [0.2, 0.25) is 0 Å². The van der Waals surface area contributed by atoms with Crippen molar-refractivity contribution in [3.63, 3.8) is 0 Å². The van der Waals surface area contributed by atoms with Gasteiger partial charge < -0.3 is 20.1 Å². The maximum Gasteiger partial charge on any atom is 0.573 e. The van der Waals surface area contributed by atoms with Gasteiger partial charge in [-0.2, -0.15) is 0 Å². The lowest BCUT2D eigenvalue weighted by atomic mass is 10.1. The normalized spacial score (nSPS) is 12.7. The molecule has 2 aromatic heterocycles. The number of ether oxygens (including phenoxy) is 1. The van der Waals surface area contributed by atoms with Crippen LogP contribution in [-0.4, -0.2) is 39.9 Å². The molecule has 2 aromatic carbocycles. The molecule has 208 valence electrons. The molecule has 0 saturated carbocycles. The van der Waals surface area contributed by atoms with Gasteiger partial charge in [0.25, 0.3) is 0 Å². The van der Waals surface area contributed by atoms with Crippen molar-refractivity contribution in [2.24, 2.45) is 0 Å². The lowest BCUT2D eigenvalue weighted by Crippen LogP contribution is -2.17. The van der Waals surface area contributed by atoms with Gasteiger partial charge in [-0.3, -0.25) is 0 Å². The predicted octanol–water partition coefficient (Wildman–Crippen LogP) is 7.47. The number of carboxylic acid groups (broad SMARTS) is 1. The van der Waals surface area contributed by atoms with E-state index in [9.17, 15) is 18.0 Å². The predicted molar refractivity (Wildman–Crippen MR) is 150 cm³/mol. The van der Waals surface area contributed by atoms with Crippen LogP contribution in [0.5, 0.6) is 5.75 Å². The largest absolute Gasteiger partial charge is 0.573 e. The molecule has 0 atom stereocenters. The summed E-state index contributed by atoms with van der Waals surface area (Å²) < 4.78 is 47.3. The van der Waals surface area contributed by atoms with Crippen LogP contribution in [0.15, 0.2) is 60.1 Å². The van der Waals surface area contributed by atoms with Crippen LogP contribution in [-0.2, 0) is 6.42 Å². The van der Waals surface area contributed by atoms with E-state index < -0.39 is 12.3 Å². The Morgan fingerprint density at radius 1 is 1.21 bits per heavy atom. The van der Waals surface area contributed by atoms with Crippen LogP contribution >= 0.6 is 19.3 Å². The highest BCUT2D eigenvalue weighted by atomic mass is 32.1. The highest BCUT2D eigenvalue weighted by Gasteiger charge is 2.34. The van der Waals surface area contributed by atoms with Gasteiger partial charge in [0.1, 0.15) is 17.1 Å². The van der Waals surface area contributed by atoms with Gasteiger partial charge in [0, 0.05) is 5.56 Å². The van der Waals surface area contributed by atoms with Crippen LogP contribution in [0.3, 0.4) is 0 Å². The van der Waals surface area contributed by atoms with E-state index in [0.717, 1.165) is 40.4 Å². The van der Waals surface area contributed by atoms with Gasteiger partial charge in [-0.25, -0.2) is 9.78 Å². The van der Waals surface area contributed by atoms with Crippen molar-refractivity contribution in [3.8, 4) is 17.0 Å². The van der Waals surface area contributed by atoms with Crippen LogP contribution < -0.4 is 16.0 Å². The van der Waals surface area contributed by atoms with Crippen molar-refractivity contribution in [3.05, 3.63) is 66.2 Å². The molecular weight excluding hydrogens is 550 g/mol. The molecule has 1 aliphatic rings. The average Bonchev–Trinajstić information content (AvgIpc) is 3.55. The Morgan fingerprint density at radius 3 is 2.56 bits per heavy atom. The number of alkyl halides is 3. The summed E-state index contributed by atoms with van der Waals surface area (Å²) in [5, 5.41) is 13.8. The van der Waals surface area contributed by atoms with Gasteiger partial charge in [0.15, 0.2) is 5.50 Å². The van der Waals surface area contributed by atoms with E-state index in [1.807, 2.05) is 0 Å². The van der Waals surface area contributed by atoms with E-state index >= 15 is 0 Å². The molecule has 0 bridgehead atoms. The van der Waals surface area contributed by atoms with E-state index in [0.29, 0.717) is 16.8 Å². The minimum Gasteiger partial charge on any atom is -0.478 e. The Balaban J connectivity index is 0.000000205. The topological polar surface area (TPSA) is 111 Å². The summed E-state index contributed by atoms with van der Waals surface area (Å²) in [7, 11) is -0.390. The SMILES string of the molecule is C=C.CCCCCc1nc2ccc(C(=O)O)cc2s1.Nc1c(-c2ccccc2OC(F)(F)F)noc1P1CC1. The Bertz CT molecular complexity index is 1400. The first-order valence-electron chi connectivity index (χ1n) is 12.1. The third kappa shape index (κ3) is 8.28. The second kappa shape index (κ2) is 13.6. The molecule has 3 heterocycles. The Morgan fingerprint density at radius 2 is 1.92 bits per heavy atom. The summed E-state index contributed by atoms with van der Waals surface area (Å²) in [4.78, 5) is 15.4. The number of carbonyl (C=O) groups is 1. The molecule has 1 fully saturated rings. The minimum absolute atomic E-state index is 0.175. The molecule has 4 aromatic rings. The van der Waals surface area contributed by atoms with Gasteiger partial charge in [-0.05, 0) is 63.4 Å². The van der Waals surface area contributed by atoms with Gasteiger partial charge in [0.05, 0.1) is 20.8 Å². The van der Waals surface area contributed by atoms with Crippen LogP contribution in [0.25, 0.3) is 21.5 Å². The fraction of sp³-hybridized carbons (Fsp3) is 0.296. The molecular formula is C27H29F3N3O4PS. The third-order valence-electron chi connectivity index (χ3n) is 5.49. The van der Waals surface area contributed by atoms with Crippen molar-refractivity contribution in [1.29, 1.82) is 0 Å². The minimum atomic E-state index is -4.77. The highest BCUT2D eigenvalue weighted by Crippen LogP contribution is 2.51. The number of carboxylic acids is 1. The smallest absolute Gasteiger partial charge is 0.478 e. The number of fused-ring (bicyclic) bond motifs is 1. The Hall–Kier alpha value is -3.43. The number of unbranched alkanes of at least 4 members (excludes halogenated alkanes) is 2. The zero-order chi connectivity index (χ0) is 28.6. The van der Waals surface area contributed by atoms with Gasteiger partial charge in [-0.1, -0.05) is 37.1 Å². The molecule has 7 nitrogen and oxygen atoms in total. The highest BCUT2D eigenvalue weighted by molar-refractivity contribution is 7.72. The summed E-state index contributed by atoms with van der Waals surface area (Å²) in [6.45, 7) is 8.18. The molecule has 0 spiro atoms. The maximum absolute atomic E-state index is 12.4. The summed E-state index contributed by atoms with van der Waals surface area (Å²) >= 11 is 1.60. The Labute approximate surface area is 229 Å². The number of nitrogen functional groups attached to an aromatic ring is 1. The number of benzene rings is 2. The number of nitrogens with two attached hydrogens (primary N) is 1. The Kier molecular flexibility index (Phi) is 10.5. The summed E-state index contributed by atoms with van der Waals surface area (Å²) in [6.07, 6.45) is 1.85. The molecule has 0 radical (unpaired) electrons. The number of hydrogen-bond acceptors (Lipinski definition) is 7. The lowest BCUT2D eigenvalue weighted by molar-refractivity contribution is -0.274. The van der Waals surface area contributed by atoms with Gasteiger partial charge in [-0.15, -0.1) is 37.7 Å². The number of thiazole rings is 1. The number of aromatic carboxylic acids is 1. The van der Waals surface area contributed by atoms with Crippen molar-refractivity contribution in [2.45, 2.75) is 39.0 Å². The molecule has 39 heavy (non-hydrogen) atoms. The van der Waals surface area contributed by atoms with Gasteiger partial charge >= 0.3 is 12.3 Å². The first-order valence-corrected chi connectivity index (χ1v) is 14.7. The summed E-state index contributed by atoms with van der Waals surface area (Å²) in [5.41, 5.74) is 8.47. The number of aromatic nitrogens is 2.